The summed E-state index contributed by atoms with van der Waals surface area (Å²) >= 11 is 0. The maximum Gasteiger partial charge on any atom is 0.123 e. The van der Waals surface area contributed by atoms with Crippen molar-refractivity contribution < 1.29 is 9.13 Å². The van der Waals surface area contributed by atoms with Gasteiger partial charge in [0, 0.05) is 13.2 Å². The molecule has 0 spiro atoms. The second kappa shape index (κ2) is 6.86. The third-order valence-corrected chi connectivity index (χ3v) is 3.68. The molecule has 2 nitrogen and oxygen atoms in total. The number of hydrogen-bond acceptors (Lipinski definition) is 2. The van der Waals surface area contributed by atoms with Gasteiger partial charge in [-0.25, -0.2) is 4.39 Å². The summed E-state index contributed by atoms with van der Waals surface area (Å²) in [4.78, 5) is 0. The van der Waals surface area contributed by atoms with Crippen LogP contribution in [0.25, 0.3) is 0 Å². The molecule has 0 aliphatic carbocycles. The molecule has 0 bridgehead atoms. The number of hydrogen-bond donors (Lipinski definition) is 1. The zero-order chi connectivity index (χ0) is 13.6. The number of nitrogens with one attached hydrogen (secondary N) is 1. The van der Waals surface area contributed by atoms with Crippen LogP contribution in [0.2, 0.25) is 0 Å². The van der Waals surface area contributed by atoms with E-state index in [1.54, 1.807) is 19.2 Å². The molecular formula is C15H24FNO. The van der Waals surface area contributed by atoms with Crippen LogP contribution < -0.4 is 5.32 Å². The van der Waals surface area contributed by atoms with Gasteiger partial charge in [0.1, 0.15) is 5.82 Å². The molecule has 0 saturated heterocycles. The Hall–Kier alpha value is -0.930. The number of benzene rings is 1. The fraction of sp³-hybridized carbons (Fsp3) is 0.600. The maximum absolute atomic E-state index is 13.2. The van der Waals surface area contributed by atoms with Gasteiger partial charge >= 0.3 is 0 Å². The molecule has 0 amide bonds. The van der Waals surface area contributed by atoms with Gasteiger partial charge in [-0.3, -0.25) is 0 Å². The van der Waals surface area contributed by atoms with Crippen LogP contribution in [-0.4, -0.2) is 25.3 Å². The zero-order valence-electron chi connectivity index (χ0n) is 11.8. The van der Waals surface area contributed by atoms with Crippen LogP contribution in [-0.2, 0) is 11.2 Å². The van der Waals surface area contributed by atoms with Gasteiger partial charge in [-0.15, -0.1) is 0 Å². The second-order valence-electron chi connectivity index (χ2n) is 4.81. The summed E-state index contributed by atoms with van der Waals surface area (Å²) in [5.41, 5.74) is 0.764. The normalized spacial score (nSPS) is 16.3. The molecule has 0 heterocycles. The number of rotatable bonds is 7. The molecule has 0 radical (unpaired) electrons. The monoisotopic (exact) mass is 253 g/mol. The lowest BCUT2D eigenvalue weighted by molar-refractivity contribution is -0.0283. The van der Waals surface area contributed by atoms with Gasteiger partial charge in [0.05, 0.1) is 5.60 Å². The van der Waals surface area contributed by atoms with E-state index in [0.717, 1.165) is 24.9 Å². The lowest BCUT2D eigenvalue weighted by Gasteiger charge is -2.36. The lowest BCUT2D eigenvalue weighted by atomic mass is 9.88. The fourth-order valence-corrected chi connectivity index (χ4v) is 2.18. The van der Waals surface area contributed by atoms with Crippen LogP contribution >= 0.6 is 0 Å². The van der Waals surface area contributed by atoms with Crippen LogP contribution in [0.3, 0.4) is 0 Å². The van der Waals surface area contributed by atoms with E-state index in [0.29, 0.717) is 0 Å². The third kappa shape index (κ3) is 3.79. The van der Waals surface area contributed by atoms with Crippen molar-refractivity contribution in [1.82, 2.24) is 5.32 Å². The largest absolute Gasteiger partial charge is 0.377 e. The van der Waals surface area contributed by atoms with Crippen molar-refractivity contribution in [1.29, 1.82) is 0 Å². The molecule has 0 aliphatic rings. The Kier molecular flexibility index (Phi) is 5.76. The average Bonchev–Trinajstić information content (AvgIpc) is 2.37. The molecule has 1 aromatic carbocycles. The van der Waals surface area contributed by atoms with Gasteiger partial charge in [0.25, 0.3) is 0 Å². The first-order valence-electron chi connectivity index (χ1n) is 6.58. The van der Waals surface area contributed by atoms with Crippen molar-refractivity contribution in [3.63, 3.8) is 0 Å². The van der Waals surface area contributed by atoms with Crippen LogP contribution in [0.1, 0.15) is 32.8 Å². The predicted octanol–water partition coefficient (Wildman–Crippen LogP) is 3.16. The van der Waals surface area contributed by atoms with Crippen molar-refractivity contribution in [3.05, 3.63) is 35.6 Å². The highest BCUT2D eigenvalue weighted by Gasteiger charge is 2.31. The standard InChI is InChI=1S/C15H24FNO/c1-5-15(3,18-4)14(17-6-2)11-12-8-7-9-13(16)10-12/h7-10,14,17H,5-6,11H2,1-4H3. The van der Waals surface area contributed by atoms with E-state index in [4.69, 9.17) is 4.74 Å². The van der Waals surface area contributed by atoms with E-state index in [-0.39, 0.29) is 17.5 Å². The Labute approximate surface area is 110 Å². The van der Waals surface area contributed by atoms with Gasteiger partial charge < -0.3 is 10.1 Å². The lowest BCUT2D eigenvalue weighted by Crippen LogP contribution is -2.51. The first-order chi connectivity index (χ1) is 8.55. The molecule has 0 aromatic heterocycles. The van der Waals surface area contributed by atoms with Gasteiger partial charge in [-0.2, -0.15) is 0 Å². The van der Waals surface area contributed by atoms with Gasteiger partial charge in [0.15, 0.2) is 0 Å². The van der Waals surface area contributed by atoms with Gasteiger partial charge in [0.2, 0.25) is 0 Å². The maximum atomic E-state index is 13.2. The van der Waals surface area contributed by atoms with Crippen molar-refractivity contribution in [2.45, 2.75) is 45.3 Å². The van der Waals surface area contributed by atoms with Gasteiger partial charge in [-0.05, 0) is 44.0 Å². The predicted molar refractivity (Wildman–Crippen MR) is 73.3 cm³/mol. The first kappa shape index (κ1) is 15.1. The Bertz CT molecular complexity index is 363. The quantitative estimate of drug-likeness (QED) is 0.806. The molecule has 2 unspecified atom stereocenters. The van der Waals surface area contributed by atoms with E-state index in [1.165, 1.54) is 6.07 Å². The smallest absolute Gasteiger partial charge is 0.123 e. The van der Waals surface area contributed by atoms with Crippen LogP contribution in [0.5, 0.6) is 0 Å². The van der Waals surface area contributed by atoms with E-state index < -0.39 is 0 Å². The summed E-state index contributed by atoms with van der Waals surface area (Å²) in [5, 5.41) is 3.45. The minimum Gasteiger partial charge on any atom is -0.377 e. The van der Waals surface area contributed by atoms with Crippen LogP contribution in [0.15, 0.2) is 24.3 Å². The van der Waals surface area contributed by atoms with Gasteiger partial charge in [-0.1, -0.05) is 26.0 Å². The third-order valence-electron chi connectivity index (χ3n) is 3.68. The van der Waals surface area contributed by atoms with Crippen LogP contribution in [0.4, 0.5) is 4.39 Å². The average molecular weight is 253 g/mol. The van der Waals surface area contributed by atoms with Crippen molar-refractivity contribution in [2.75, 3.05) is 13.7 Å². The minimum absolute atomic E-state index is 0.180. The van der Waals surface area contributed by atoms with Crippen LogP contribution in [0, 0.1) is 5.82 Å². The number of methoxy groups -OCH3 is 1. The summed E-state index contributed by atoms with van der Waals surface area (Å²) in [6.45, 7) is 7.16. The Morgan fingerprint density at radius 1 is 1.39 bits per heavy atom. The highest BCUT2D eigenvalue weighted by molar-refractivity contribution is 5.18. The molecule has 2 atom stereocenters. The molecule has 3 heteroatoms. The summed E-state index contributed by atoms with van der Waals surface area (Å²) in [5.74, 6) is -0.182. The number of ether oxygens (including phenoxy) is 1. The fourth-order valence-electron chi connectivity index (χ4n) is 2.18. The zero-order valence-corrected chi connectivity index (χ0v) is 11.8. The second-order valence-corrected chi connectivity index (χ2v) is 4.81. The molecule has 0 fully saturated rings. The Morgan fingerprint density at radius 2 is 2.11 bits per heavy atom. The molecular weight excluding hydrogens is 229 g/mol. The first-order valence-corrected chi connectivity index (χ1v) is 6.58. The highest BCUT2D eigenvalue weighted by atomic mass is 19.1. The van der Waals surface area contributed by atoms with E-state index >= 15 is 0 Å². The summed E-state index contributed by atoms with van der Waals surface area (Å²) in [6.07, 6.45) is 1.68. The van der Waals surface area contributed by atoms with Crippen molar-refractivity contribution in [2.24, 2.45) is 0 Å². The SMILES string of the molecule is CCNC(Cc1cccc(F)c1)C(C)(CC)OC. The summed E-state index contributed by atoms with van der Waals surface area (Å²) in [6, 6.07) is 6.96. The number of likely N-dealkylation sites (N-methyl/N-ethyl adjacent to an activating group) is 1. The molecule has 0 aliphatic heterocycles. The van der Waals surface area contributed by atoms with Crippen molar-refractivity contribution >= 4 is 0 Å². The van der Waals surface area contributed by atoms with Crippen molar-refractivity contribution in [3.8, 4) is 0 Å². The molecule has 0 saturated carbocycles. The molecule has 1 N–H and O–H groups in total. The summed E-state index contributed by atoms with van der Waals surface area (Å²) in [7, 11) is 1.74. The van der Waals surface area contributed by atoms with E-state index in [2.05, 4.69) is 26.1 Å². The molecule has 102 valence electrons. The Morgan fingerprint density at radius 3 is 2.61 bits per heavy atom. The Balaban J connectivity index is 2.86. The molecule has 1 aromatic rings. The van der Waals surface area contributed by atoms with E-state index in [1.807, 2.05) is 6.07 Å². The van der Waals surface area contributed by atoms with E-state index in [9.17, 15) is 4.39 Å². The number of halogens is 1. The topological polar surface area (TPSA) is 21.3 Å². The highest BCUT2D eigenvalue weighted by Crippen LogP contribution is 2.22. The summed E-state index contributed by atoms with van der Waals surface area (Å²) < 4.78 is 18.9. The molecule has 1 rings (SSSR count). The molecule has 18 heavy (non-hydrogen) atoms. The minimum atomic E-state index is -0.234.